The van der Waals surface area contributed by atoms with Crippen LogP contribution in [0.5, 0.6) is 0 Å². The molecule has 2 saturated heterocycles. The Hall–Kier alpha value is -4.85. The molecule has 8 heteroatoms. The maximum absolute atomic E-state index is 10.1. The summed E-state index contributed by atoms with van der Waals surface area (Å²) in [6, 6.07) is 48.7. The van der Waals surface area contributed by atoms with Gasteiger partial charge in [-0.25, -0.2) is 0 Å². The van der Waals surface area contributed by atoms with Gasteiger partial charge in [-0.2, -0.15) is 5.26 Å². The van der Waals surface area contributed by atoms with Gasteiger partial charge in [-0.1, -0.05) is 121 Å². The summed E-state index contributed by atoms with van der Waals surface area (Å²) in [5.41, 5.74) is 6.58. The minimum Gasteiger partial charge on any atom is -0.378 e. The van der Waals surface area contributed by atoms with E-state index in [0.717, 1.165) is 46.6 Å². The normalized spacial score (nSPS) is 21.6. The standard InChI is InChI=1S/C45H46N2O6/c46-28-38-21-22-40(47-23-25-48-26-24-47)39(27-38)42-44(51-31-36-17-9-3-10-18-36)45(52-32-37-19-11-4-12-20-37)43(50-30-35-15-7-2-8-16-35)41(53-42)33-49-29-34-13-5-1-6-14-34/h1-22,27,41-45H,23-26,29-33H2/t41-,42+,43-,44+,45+/m1/s1. The topological polar surface area (TPSA) is 82.4 Å². The van der Waals surface area contributed by atoms with Crippen molar-refractivity contribution < 1.29 is 28.4 Å². The maximum atomic E-state index is 10.1. The van der Waals surface area contributed by atoms with E-state index in [4.69, 9.17) is 28.4 Å². The summed E-state index contributed by atoms with van der Waals surface area (Å²) in [4.78, 5) is 2.30. The van der Waals surface area contributed by atoms with Crippen LogP contribution >= 0.6 is 0 Å². The van der Waals surface area contributed by atoms with Crippen molar-refractivity contribution >= 4 is 5.69 Å². The molecule has 5 aromatic carbocycles. The van der Waals surface area contributed by atoms with E-state index in [1.807, 2.05) is 91.0 Å². The van der Waals surface area contributed by atoms with E-state index in [9.17, 15) is 5.26 Å². The smallest absolute Gasteiger partial charge is 0.117 e. The molecule has 8 nitrogen and oxygen atoms in total. The van der Waals surface area contributed by atoms with Crippen LogP contribution in [0.1, 0.15) is 39.5 Å². The second-order valence-electron chi connectivity index (χ2n) is 13.4. The van der Waals surface area contributed by atoms with Gasteiger partial charge in [0.2, 0.25) is 0 Å². The Kier molecular flexibility index (Phi) is 12.9. The minimum atomic E-state index is -0.618. The lowest BCUT2D eigenvalue weighted by Gasteiger charge is -2.47. The Labute approximate surface area is 312 Å². The van der Waals surface area contributed by atoms with Crippen molar-refractivity contribution in [2.45, 2.75) is 56.9 Å². The van der Waals surface area contributed by atoms with Gasteiger partial charge in [0.1, 0.15) is 30.5 Å². The van der Waals surface area contributed by atoms with Crippen LogP contribution in [0.15, 0.2) is 140 Å². The van der Waals surface area contributed by atoms with Gasteiger partial charge < -0.3 is 33.3 Å². The van der Waals surface area contributed by atoms with Gasteiger partial charge >= 0.3 is 0 Å². The average molecular weight is 711 g/mol. The molecule has 0 amide bonds. The molecule has 2 aliphatic rings. The van der Waals surface area contributed by atoms with Gasteiger partial charge in [0.05, 0.1) is 57.9 Å². The largest absolute Gasteiger partial charge is 0.378 e. The SMILES string of the molecule is N#Cc1ccc(N2CCOCC2)c([C@@H]2O[C@H](COCc3ccccc3)[C@@H](OCc3ccccc3)[C@H](OCc3ccccc3)[C@H]2OCc2ccccc2)c1. The first-order chi connectivity index (χ1) is 26.2. The van der Waals surface area contributed by atoms with E-state index < -0.39 is 30.5 Å². The van der Waals surface area contributed by atoms with Crippen LogP contribution in [0.2, 0.25) is 0 Å². The first kappa shape index (κ1) is 36.5. The van der Waals surface area contributed by atoms with Crippen molar-refractivity contribution in [3.8, 4) is 6.07 Å². The van der Waals surface area contributed by atoms with Crippen LogP contribution < -0.4 is 4.90 Å². The third-order valence-electron chi connectivity index (χ3n) is 9.70. The molecule has 0 bridgehead atoms. The molecule has 2 aliphatic heterocycles. The van der Waals surface area contributed by atoms with Gasteiger partial charge in [-0.05, 0) is 40.5 Å². The second-order valence-corrected chi connectivity index (χ2v) is 13.4. The molecule has 272 valence electrons. The molecule has 0 saturated carbocycles. The lowest BCUT2D eigenvalue weighted by atomic mass is 9.88. The zero-order chi connectivity index (χ0) is 36.1. The van der Waals surface area contributed by atoms with Crippen LogP contribution in [0.25, 0.3) is 0 Å². The fraction of sp³-hybridized carbons (Fsp3) is 0.311. The van der Waals surface area contributed by atoms with Crippen molar-refractivity contribution in [3.05, 3.63) is 173 Å². The molecular formula is C45H46N2O6. The summed E-state index contributed by atoms with van der Waals surface area (Å²) in [6.07, 6.45) is -2.90. The molecule has 5 aromatic rings. The highest BCUT2D eigenvalue weighted by molar-refractivity contribution is 5.58. The van der Waals surface area contributed by atoms with Crippen molar-refractivity contribution in [1.82, 2.24) is 0 Å². The van der Waals surface area contributed by atoms with Crippen LogP contribution in [-0.4, -0.2) is 57.3 Å². The highest BCUT2D eigenvalue weighted by Crippen LogP contribution is 2.42. The number of benzene rings is 5. The zero-order valence-electron chi connectivity index (χ0n) is 29.9. The molecule has 0 unspecified atom stereocenters. The zero-order valence-corrected chi connectivity index (χ0v) is 29.9. The number of hydrogen-bond acceptors (Lipinski definition) is 8. The molecular weight excluding hydrogens is 665 g/mol. The highest BCUT2D eigenvalue weighted by Gasteiger charge is 2.49. The first-order valence-corrected chi connectivity index (χ1v) is 18.4. The van der Waals surface area contributed by atoms with E-state index in [-0.39, 0.29) is 6.61 Å². The highest BCUT2D eigenvalue weighted by atomic mass is 16.6. The van der Waals surface area contributed by atoms with E-state index in [2.05, 4.69) is 59.5 Å². The summed E-state index contributed by atoms with van der Waals surface area (Å²) in [5, 5.41) is 10.1. The summed E-state index contributed by atoms with van der Waals surface area (Å²) in [7, 11) is 0. The Bertz CT molecular complexity index is 1870. The molecule has 2 fully saturated rings. The maximum Gasteiger partial charge on any atom is 0.117 e. The molecule has 7 rings (SSSR count). The number of morpholine rings is 1. The van der Waals surface area contributed by atoms with Gasteiger partial charge in [-0.3, -0.25) is 0 Å². The van der Waals surface area contributed by atoms with E-state index in [1.165, 1.54) is 0 Å². The molecule has 0 aliphatic carbocycles. The summed E-state index contributed by atoms with van der Waals surface area (Å²) >= 11 is 0. The molecule has 5 atom stereocenters. The summed E-state index contributed by atoms with van der Waals surface area (Å²) < 4.78 is 40.1. The molecule has 2 heterocycles. The van der Waals surface area contributed by atoms with E-state index >= 15 is 0 Å². The quantitative estimate of drug-likeness (QED) is 0.109. The molecule has 53 heavy (non-hydrogen) atoms. The summed E-state index contributed by atoms with van der Waals surface area (Å²) in [5.74, 6) is 0. The third-order valence-corrected chi connectivity index (χ3v) is 9.70. The molecule has 0 radical (unpaired) electrons. The van der Waals surface area contributed by atoms with Crippen LogP contribution in [0.4, 0.5) is 5.69 Å². The minimum absolute atomic E-state index is 0.256. The lowest BCUT2D eigenvalue weighted by Crippen LogP contribution is -2.58. The number of hydrogen-bond donors (Lipinski definition) is 0. The first-order valence-electron chi connectivity index (χ1n) is 18.4. The Morgan fingerprint density at radius 3 is 1.60 bits per heavy atom. The van der Waals surface area contributed by atoms with Gasteiger partial charge in [0.25, 0.3) is 0 Å². The van der Waals surface area contributed by atoms with Crippen molar-refractivity contribution in [2.75, 3.05) is 37.8 Å². The number of nitriles is 1. The van der Waals surface area contributed by atoms with Crippen molar-refractivity contribution in [1.29, 1.82) is 5.26 Å². The van der Waals surface area contributed by atoms with E-state index in [1.54, 1.807) is 0 Å². The number of anilines is 1. The predicted molar refractivity (Wildman–Crippen MR) is 203 cm³/mol. The predicted octanol–water partition coefficient (Wildman–Crippen LogP) is 7.81. The van der Waals surface area contributed by atoms with Crippen molar-refractivity contribution in [2.24, 2.45) is 0 Å². The lowest BCUT2D eigenvalue weighted by molar-refractivity contribution is -0.275. The fourth-order valence-electron chi connectivity index (χ4n) is 6.98. The average Bonchev–Trinajstić information content (AvgIpc) is 3.23. The summed E-state index contributed by atoms with van der Waals surface area (Å²) in [6.45, 7) is 4.40. The number of nitrogens with zero attached hydrogens (tertiary/aromatic N) is 2. The molecule has 0 spiro atoms. The van der Waals surface area contributed by atoms with Gasteiger partial charge in [-0.15, -0.1) is 0 Å². The Morgan fingerprint density at radius 1 is 0.585 bits per heavy atom. The third kappa shape index (κ3) is 9.78. The Balaban J connectivity index is 1.30. The van der Waals surface area contributed by atoms with Crippen LogP contribution in [0.3, 0.4) is 0 Å². The van der Waals surface area contributed by atoms with Crippen LogP contribution in [0, 0.1) is 11.3 Å². The number of rotatable bonds is 15. The van der Waals surface area contributed by atoms with Gasteiger partial charge in [0, 0.05) is 24.3 Å². The van der Waals surface area contributed by atoms with Gasteiger partial charge in [0.15, 0.2) is 0 Å². The Morgan fingerprint density at radius 2 is 1.08 bits per heavy atom. The van der Waals surface area contributed by atoms with Crippen LogP contribution in [-0.2, 0) is 54.8 Å². The number of ether oxygens (including phenoxy) is 6. The fourth-order valence-corrected chi connectivity index (χ4v) is 6.98. The van der Waals surface area contributed by atoms with E-state index in [0.29, 0.717) is 45.2 Å². The molecule has 0 aromatic heterocycles. The monoisotopic (exact) mass is 710 g/mol. The molecule has 0 N–H and O–H groups in total. The second kappa shape index (κ2) is 18.8. The van der Waals surface area contributed by atoms with Crippen molar-refractivity contribution in [3.63, 3.8) is 0 Å².